The average molecular weight is 217 g/mol. The number of Topliss-reactive ketones (excluding diaryl/α,β-unsaturated/α-hetero) is 1. The molecule has 0 saturated heterocycles. The number of aromatic nitrogens is 2. The number of rotatable bonds is 2. The summed E-state index contributed by atoms with van der Waals surface area (Å²) in [5, 5.41) is 0. The van der Waals surface area contributed by atoms with Gasteiger partial charge in [-0.05, 0) is 18.4 Å². The van der Waals surface area contributed by atoms with Gasteiger partial charge in [-0.2, -0.15) is 0 Å². The summed E-state index contributed by atoms with van der Waals surface area (Å²) in [6.45, 7) is 3.88. The maximum Gasteiger partial charge on any atom is 0.208 e. The first kappa shape index (κ1) is 9.39. The van der Waals surface area contributed by atoms with E-state index < -0.39 is 5.78 Å². The van der Waals surface area contributed by atoms with Crippen LogP contribution in [0.25, 0.3) is 0 Å². The Bertz CT molecular complexity index is 535. The zero-order valence-electron chi connectivity index (χ0n) is 10.2. The molecular formula is C12H12N2O2. The van der Waals surface area contributed by atoms with E-state index in [0.717, 1.165) is 0 Å². The molecule has 0 N–H and O–H groups in total. The van der Waals surface area contributed by atoms with Crippen LogP contribution < -0.4 is 0 Å². The molecule has 16 heavy (non-hydrogen) atoms. The van der Waals surface area contributed by atoms with Gasteiger partial charge in [-0.15, -0.1) is 0 Å². The minimum absolute atomic E-state index is 0.122. The number of hydrogen-bond donors (Lipinski definition) is 0. The van der Waals surface area contributed by atoms with E-state index in [9.17, 15) is 9.59 Å². The SMILES string of the molecule is [2H]C1=C(CC(C)C)C(=O)c2ncncc2C1=O. The average Bonchev–Trinajstić information content (AvgIpc) is 2.31. The second-order valence-corrected chi connectivity index (χ2v) is 4.14. The van der Waals surface area contributed by atoms with Gasteiger partial charge >= 0.3 is 0 Å². The van der Waals surface area contributed by atoms with Gasteiger partial charge in [0.25, 0.3) is 0 Å². The van der Waals surface area contributed by atoms with Gasteiger partial charge in [0.05, 0.1) is 6.93 Å². The Labute approximate surface area is 94.8 Å². The van der Waals surface area contributed by atoms with Gasteiger partial charge in [0.15, 0.2) is 5.78 Å². The maximum absolute atomic E-state index is 12.1. The molecule has 0 radical (unpaired) electrons. The predicted octanol–water partition coefficient (Wildman–Crippen LogP) is 1.83. The van der Waals surface area contributed by atoms with Crippen molar-refractivity contribution in [3.8, 4) is 0 Å². The quantitative estimate of drug-likeness (QED) is 0.758. The number of hydrogen-bond acceptors (Lipinski definition) is 4. The van der Waals surface area contributed by atoms with E-state index in [1.165, 1.54) is 12.5 Å². The molecule has 0 saturated carbocycles. The molecule has 4 nitrogen and oxygen atoms in total. The fourth-order valence-corrected chi connectivity index (χ4v) is 1.63. The molecule has 0 fully saturated rings. The topological polar surface area (TPSA) is 59.9 Å². The van der Waals surface area contributed by atoms with Crippen molar-refractivity contribution in [1.29, 1.82) is 0 Å². The van der Waals surface area contributed by atoms with E-state index in [4.69, 9.17) is 1.37 Å². The van der Waals surface area contributed by atoms with Gasteiger partial charge in [0, 0.05) is 11.8 Å². The molecule has 0 unspecified atom stereocenters. The molecular weight excluding hydrogens is 204 g/mol. The molecule has 82 valence electrons. The smallest absolute Gasteiger partial charge is 0.208 e. The van der Waals surface area contributed by atoms with Crippen molar-refractivity contribution in [2.75, 3.05) is 0 Å². The first-order valence-electron chi connectivity index (χ1n) is 5.61. The van der Waals surface area contributed by atoms with Crippen LogP contribution in [0, 0.1) is 5.92 Å². The van der Waals surface area contributed by atoms with E-state index in [2.05, 4.69) is 9.97 Å². The predicted molar refractivity (Wildman–Crippen MR) is 58.2 cm³/mol. The van der Waals surface area contributed by atoms with Gasteiger partial charge in [0.1, 0.15) is 12.0 Å². The largest absolute Gasteiger partial charge is 0.289 e. The Morgan fingerprint density at radius 3 is 2.88 bits per heavy atom. The second kappa shape index (κ2) is 3.96. The van der Waals surface area contributed by atoms with Gasteiger partial charge in [-0.3, -0.25) is 9.59 Å². The third-order valence-corrected chi connectivity index (χ3v) is 2.32. The molecule has 2 rings (SSSR count). The first-order valence-corrected chi connectivity index (χ1v) is 5.11. The van der Waals surface area contributed by atoms with Crippen LogP contribution in [0.5, 0.6) is 0 Å². The van der Waals surface area contributed by atoms with Crippen LogP contribution in [0.4, 0.5) is 0 Å². The zero-order chi connectivity index (χ0) is 12.6. The summed E-state index contributed by atoms with van der Waals surface area (Å²) in [7, 11) is 0. The molecule has 1 heterocycles. The van der Waals surface area contributed by atoms with E-state index in [1.54, 1.807) is 0 Å². The van der Waals surface area contributed by atoms with Crippen LogP contribution in [-0.2, 0) is 0 Å². The summed E-state index contributed by atoms with van der Waals surface area (Å²) in [6, 6.07) is -0.217. The Hall–Kier alpha value is -1.84. The molecule has 4 heteroatoms. The monoisotopic (exact) mass is 217 g/mol. The summed E-state index contributed by atoms with van der Waals surface area (Å²) in [5.41, 5.74) is 0.517. The van der Waals surface area contributed by atoms with Crippen molar-refractivity contribution in [2.24, 2.45) is 5.92 Å². The Balaban J connectivity index is 2.54. The summed E-state index contributed by atoms with van der Waals surface area (Å²) < 4.78 is 7.74. The summed E-state index contributed by atoms with van der Waals surface area (Å²) in [4.78, 5) is 31.5. The van der Waals surface area contributed by atoms with Gasteiger partial charge in [0.2, 0.25) is 5.78 Å². The summed E-state index contributed by atoms with van der Waals surface area (Å²) in [5.74, 6) is -0.568. The number of ketones is 2. The molecule has 0 bridgehead atoms. The van der Waals surface area contributed by atoms with Crippen LogP contribution in [-0.4, -0.2) is 21.5 Å². The summed E-state index contributed by atoms with van der Waals surface area (Å²) >= 11 is 0. The van der Waals surface area contributed by atoms with Crippen molar-refractivity contribution in [3.05, 3.63) is 35.4 Å². The van der Waals surface area contributed by atoms with Crippen LogP contribution >= 0.6 is 0 Å². The molecule has 1 aromatic heterocycles. The van der Waals surface area contributed by atoms with E-state index >= 15 is 0 Å². The van der Waals surface area contributed by atoms with Crippen LogP contribution in [0.15, 0.2) is 24.1 Å². The number of carbonyl (C=O) groups is 2. The second-order valence-electron chi connectivity index (χ2n) is 4.14. The van der Waals surface area contributed by atoms with Crippen molar-refractivity contribution in [3.63, 3.8) is 0 Å². The fourth-order valence-electron chi connectivity index (χ4n) is 1.63. The minimum Gasteiger partial charge on any atom is -0.289 e. The zero-order valence-corrected chi connectivity index (χ0v) is 9.15. The highest BCUT2D eigenvalue weighted by molar-refractivity contribution is 6.23. The Morgan fingerprint density at radius 1 is 1.44 bits per heavy atom. The molecule has 0 aliphatic heterocycles. The van der Waals surface area contributed by atoms with Crippen molar-refractivity contribution in [1.82, 2.24) is 9.97 Å². The van der Waals surface area contributed by atoms with Crippen LogP contribution in [0.1, 0.15) is 42.5 Å². The highest BCUT2D eigenvalue weighted by Gasteiger charge is 2.26. The highest BCUT2D eigenvalue weighted by Crippen LogP contribution is 2.22. The van der Waals surface area contributed by atoms with Gasteiger partial charge < -0.3 is 0 Å². The normalized spacial score (nSPS) is 16.6. The number of fused-ring (bicyclic) bond motifs is 1. The molecule has 0 spiro atoms. The lowest BCUT2D eigenvalue weighted by atomic mass is 9.89. The van der Waals surface area contributed by atoms with E-state index in [0.29, 0.717) is 6.42 Å². The van der Waals surface area contributed by atoms with E-state index in [-0.39, 0.29) is 34.6 Å². The van der Waals surface area contributed by atoms with Gasteiger partial charge in [-0.1, -0.05) is 13.8 Å². The van der Waals surface area contributed by atoms with Crippen LogP contribution in [0.3, 0.4) is 0 Å². The van der Waals surface area contributed by atoms with Crippen molar-refractivity contribution in [2.45, 2.75) is 20.3 Å². The molecule has 1 aromatic rings. The van der Waals surface area contributed by atoms with Crippen molar-refractivity contribution >= 4 is 11.6 Å². The fraction of sp³-hybridized carbons (Fsp3) is 0.333. The number of carbonyl (C=O) groups excluding carboxylic acids is 2. The molecule has 0 atom stereocenters. The standard InChI is InChI=1S/C12H12N2O2/c1-7(2)3-8-4-10(15)9-5-13-6-14-11(9)12(8)16/h4-7H,3H2,1-2H3/i4D. The highest BCUT2D eigenvalue weighted by atomic mass is 16.1. The Morgan fingerprint density at radius 2 is 2.19 bits per heavy atom. The molecule has 1 aliphatic carbocycles. The molecule has 0 amide bonds. The van der Waals surface area contributed by atoms with Crippen LogP contribution in [0.2, 0.25) is 0 Å². The molecule has 1 aliphatic rings. The lowest BCUT2D eigenvalue weighted by molar-refractivity contribution is 0.0975. The number of allylic oxidation sites excluding steroid dienone is 2. The maximum atomic E-state index is 12.1. The number of nitrogens with zero attached hydrogens (tertiary/aromatic N) is 2. The molecule has 0 aromatic carbocycles. The lowest BCUT2D eigenvalue weighted by Gasteiger charge is -2.14. The van der Waals surface area contributed by atoms with E-state index in [1.807, 2.05) is 13.8 Å². The first-order chi connectivity index (χ1) is 8.02. The Kier molecular flexibility index (Phi) is 2.33. The third kappa shape index (κ3) is 1.78. The minimum atomic E-state index is -0.462. The third-order valence-electron chi connectivity index (χ3n) is 2.32. The van der Waals surface area contributed by atoms with Gasteiger partial charge in [-0.25, -0.2) is 9.97 Å². The van der Waals surface area contributed by atoms with Crippen molar-refractivity contribution < 1.29 is 11.0 Å². The summed E-state index contributed by atoms with van der Waals surface area (Å²) in [6.07, 6.45) is 2.96. The lowest BCUT2D eigenvalue weighted by Crippen LogP contribution is -2.19.